The van der Waals surface area contributed by atoms with Crippen molar-refractivity contribution in [3.63, 3.8) is 0 Å². The Morgan fingerprint density at radius 2 is 1.44 bits per heavy atom. The molecule has 2 fully saturated rings. The van der Waals surface area contributed by atoms with Crippen molar-refractivity contribution in [1.82, 2.24) is 19.1 Å². The number of nitriles is 1. The number of rotatable bonds is 19. The molecular formula is C41H40Cl2N6O15P2. The average molecular weight is 990 g/mol. The average Bonchev–Trinajstić information content (AvgIpc) is 3.88. The second-order valence-electron chi connectivity index (χ2n) is 14.5. The quantitative estimate of drug-likeness (QED) is 0.0603. The molecule has 8 atom stereocenters. The molecule has 0 aliphatic carbocycles. The summed E-state index contributed by atoms with van der Waals surface area (Å²) in [5.74, 6) is -0.551. The third kappa shape index (κ3) is 12.3. The number of aromatic nitrogens is 4. The number of amides is 1. The van der Waals surface area contributed by atoms with Gasteiger partial charge in [-0.1, -0.05) is 41.4 Å². The molecule has 2 saturated heterocycles. The van der Waals surface area contributed by atoms with E-state index in [2.05, 4.69) is 15.3 Å². The standard InChI is InChI=1S/C41H40Cl2N6O15P2/c1-25-22-49(41(54)47-38(25)51)37-21-32(64-65(55,57-19-5-17-44)61-29-12-8-27(42)9-13-29)34(60-37)24-58-66(56,62-30-14-10-28(43)11-15-30)63-31-20-36(59-33(31)23-50)48-18-16-35(46-40(48)53)45-39(52)26-6-3-2-4-7-26/h2-4,6-16,18,22,31-34,36-37,50H,5,19-21,23-24H2,1H3,(H,47,51,54)(H,45,46,52,53). The maximum Gasteiger partial charge on any atom is 0.530 e. The number of halogens is 2. The number of carbonyl (C=O) groups excluding carboxylic acids is 1. The van der Waals surface area contributed by atoms with Gasteiger partial charge in [0.05, 0.1) is 32.3 Å². The van der Waals surface area contributed by atoms with Crippen LogP contribution in [0.5, 0.6) is 11.5 Å². The summed E-state index contributed by atoms with van der Waals surface area (Å²) in [6.07, 6.45) is -5.60. The number of nitrogens with zero attached hydrogens (tertiary/aromatic N) is 4. The number of phosphoric ester groups is 2. The van der Waals surface area contributed by atoms with Gasteiger partial charge in [0.15, 0.2) is 0 Å². The number of phosphoric acid groups is 2. The summed E-state index contributed by atoms with van der Waals surface area (Å²) >= 11 is 12.1. The van der Waals surface area contributed by atoms with Crippen LogP contribution in [0.4, 0.5) is 5.82 Å². The Balaban J connectivity index is 1.14. The summed E-state index contributed by atoms with van der Waals surface area (Å²) in [4.78, 5) is 57.3. The summed E-state index contributed by atoms with van der Waals surface area (Å²) in [5, 5.41) is 22.8. The lowest BCUT2D eigenvalue weighted by molar-refractivity contribution is -0.0567. The van der Waals surface area contributed by atoms with Crippen molar-refractivity contribution in [3.05, 3.63) is 150 Å². The summed E-state index contributed by atoms with van der Waals surface area (Å²) < 4.78 is 78.4. The van der Waals surface area contributed by atoms with Crippen LogP contribution in [0.3, 0.4) is 0 Å². The van der Waals surface area contributed by atoms with Crippen LogP contribution in [0.15, 0.2) is 112 Å². The predicted molar refractivity (Wildman–Crippen MR) is 234 cm³/mol. The van der Waals surface area contributed by atoms with Crippen LogP contribution in [0.2, 0.25) is 10.0 Å². The van der Waals surface area contributed by atoms with Crippen molar-refractivity contribution in [2.24, 2.45) is 0 Å². The van der Waals surface area contributed by atoms with Crippen LogP contribution < -0.4 is 31.3 Å². The third-order valence-electron chi connectivity index (χ3n) is 9.87. The van der Waals surface area contributed by atoms with E-state index >= 15 is 0 Å². The molecule has 7 rings (SSSR count). The number of nitrogens with one attached hydrogen (secondary N) is 2. The molecule has 66 heavy (non-hydrogen) atoms. The number of anilines is 1. The first-order valence-electron chi connectivity index (χ1n) is 20.0. The fourth-order valence-electron chi connectivity index (χ4n) is 6.66. The number of hydrogen-bond donors (Lipinski definition) is 3. The molecule has 2 aromatic heterocycles. The van der Waals surface area contributed by atoms with Crippen LogP contribution in [0.25, 0.3) is 0 Å². The van der Waals surface area contributed by atoms with Crippen LogP contribution >= 0.6 is 38.8 Å². The maximum atomic E-state index is 14.8. The minimum Gasteiger partial charge on any atom is -0.404 e. The number of hydrogen-bond acceptors (Lipinski definition) is 17. The highest BCUT2D eigenvalue weighted by Crippen LogP contribution is 2.56. The Morgan fingerprint density at radius 1 is 0.864 bits per heavy atom. The van der Waals surface area contributed by atoms with Gasteiger partial charge in [0.1, 0.15) is 54.2 Å². The molecule has 2 aliphatic rings. The summed E-state index contributed by atoms with van der Waals surface area (Å²) in [5.41, 5.74) is -1.83. The summed E-state index contributed by atoms with van der Waals surface area (Å²) in [7, 11) is -9.54. The second kappa shape index (κ2) is 21.4. The van der Waals surface area contributed by atoms with Crippen LogP contribution in [0, 0.1) is 18.3 Å². The zero-order valence-corrected chi connectivity index (χ0v) is 37.8. The Hall–Kier alpha value is -5.46. The molecule has 348 valence electrons. The van der Waals surface area contributed by atoms with Gasteiger partial charge in [0.25, 0.3) is 11.5 Å². The van der Waals surface area contributed by atoms with Crippen molar-refractivity contribution in [3.8, 4) is 17.6 Å². The van der Waals surface area contributed by atoms with Crippen LogP contribution in [0.1, 0.15) is 47.6 Å². The fourth-order valence-corrected chi connectivity index (χ4v) is 9.74. The van der Waals surface area contributed by atoms with Gasteiger partial charge in [0, 0.05) is 46.4 Å². The molecule has 0 saturated carbocycles. The summed E-state index contributed by atoms with van der Waals surface area (Å²) in [6.45, 7) is -0.324. The fraction of sp³-hybridized carbons (Fsp3) is 0.317. The van der Waals surface area contributed by atoms with Crippen LogP contribution in [-0.2, 0) is 36.7 Å². The van der Waals surface area contributed by atoms with Gasteiger partial charge in [0.2, 0.25) is 0 Å². The minimum absolute atomic E-state index is 0.0176. The van der Waals surface area contributed by atoms with Crippen molar-refractivity contribution in [1.29, 1.82) is 5.26 Å². The van der Waals surface area contributed by atoms with Crippen LogP contribution in [-0.4, -0.2) is 74.4 Å². The number of ether oxygens (including phenoxy) is 2. The second-order valence-corrected chi connectivity index (χ2v) is 18.5. The van der Waals surface area contributed by atoms with Gasteiger partial charge >= 0.3 is 27.0 Å². The molecular weight excluding hydrogens is 949 g/mol. The molecule has 3 aromatic carbocycles. The molecule has 0 radical (unpaired) electrons. The Bertz CT molecular complexity index is 2830. The predicted octanol–water partition coefficient (Wildman–Crippen LogP) is 6.32. The van der Waals surface area contributed by atoms with Gasteiger partial charge < -0.3 is 28.9 Å². The lowest BCUT2D eigenvalue weighted by Gasteiger charge is -2.27. The van der Waals surface area contributed by atoms with E-state index in [1.54, 1.807) is 30.3 Å². The molecule has 3 N–H and O–H groups in total. The maximum absolute atomic E-state index is 14.8. The topological polar surface area (TPSA) is 271 Å². The van der Waals surface area contributed by atoms with Crippen molar-refractivity contribution >= 4 is 50.6 Å². The number of aliphatic hydroxyl groups is 1. The van der Waals surface area contributed by atoms with Crippen molar-refractivity contribution in [2.45, 2.75) is 63.1 Å². The molecule has 0 spiro atoms. The van der Waals surface area contributed by atoms with Crippen molar-refractivity contribution < 1.29 is 55.6 Å². The van der Waals surface area contributed by atoms with Crippen molar-refractivity contribution in [2.75, 3.05) is 25.1 Å². The molecule has 8 unspecified atom stereocenters. The number of aliphatic hydroxyl groups excluding tert-OH is 1. The van der Waals surface area contributed by atoms with E-state index in [4.69, 9.17) is 59.8 Å². The van der Waals surface area contributed by atoms with E-state index in [-0.39, 0.29) is 48.7 Å². The normalized spacial score (nSPS) is 22.2. The van der Waals surface area contributed by atoms with Gasteiger partial charge in [-0.05, 0) is 73.7 Å². The lowest BCUT2D eigenvalue weighted by atomic mass is 10.2. The number of carbonyl (C=O) groups is 1. The molecule has 21 nitrogen and oxygen atoms in total. The number of aryl methyl sites for hydroxylation is 1. The zero-order chi connectivity index (χ0) is 47.0. The molecule has 5 aromatic rings. The number of H-pyrrole nitrogens is 1. The Labute approximate surface area is 384 Å². The monoisotopic (exact) mass is 988 g/mol. The van der Waals surface area contributed by atoms with Gasteiger partial charge in [-0.15, -0.1) is 0 Å². The molecule has 1 amide bonds. The molecule has 4 heterocycles. The highest BCUT2D eigenvalue weighted by Gasteiger charge is 2.48. The zero-order valence-electron chi connectivity index (χ0n) is 34.5. The smallest absolute Gasteiger partial charge is 0.404 e. The van der Waals surface area contributed by atoms with E-state index in [0.29, 0.717) is 15.6 Å². The van der Waals surface area contributed by atoms with E-state index in [0.717, 1.165) is 9.13 Å². The first-order valence-corrected chi connectivity index (χ1v) is 23.6. The largest absolute Gasteiger partial charge is 0.530 e. The minimum atomic E-state index is -4.88. The van der Waals surface area contributed by atoms with Gasteiger partial charge in [-0.25, -0.2) is 18.7 Å². The number of benzene rings is 3. The summed E-state index contributed by atoms with van der Waals surface area (Å²) in [6, 6.07) is 22.9. The Kier molecular flexibility index (Phi) is 15.8. The first-order chi connectivity index (χ1) is 31.6. The molecule has 0 bridgehead atoms. The van der Waals surface area contributed by atoms with Gasteiger partial charge in [-0.3, -0.25) is 41.8 Å². The van der Waals surface area contributed by atoms with E-state index in [1.807, 2.05) is 6.07 Å². The Morgan fingerprint density at radius 3 is 2.03 bits per heavy atom. The lowest BCUT2D eigenvalue weighted by Crippen LogP contribution is -2.33. The molecule has 25 heteroatoms. The highest BCUT2D eigenvalue weighted by atomic mass is 35.5. The van der Waals surface area contributed by atoms with Gasteiger partial charge in [-0.2, -0.15) is 10.2 Å². The van der Waals surface area contributed by atoms with E-state index < -0.39 is 88.6 Å². The highest BCUT2D eigenvalue weighted by molar-refractivity contribution is 7.49. The van der Waals surface area contributed by atoms with E-state index in [9.17, 15) is 38.7 Å². The number of aromatic amines is 1. The van der Waals surface area contributed by atoms with E-state index in [1.165, 1.54) is 73.9 Å². The molecule has 2 aliphatic heterocycles. The SMILES string of the molecule is Cc1cn(C2CC(OP(=O)(OCCC#N)Oc3ccc(Cl)cc3)C(COP(=O)(Oc3ccc(Cl)cc3)OC3CC(n4ccc(NC(=O)c5ccccc5)nc4=O)OC3CO)O2)c(=O)[nH]c1=O. The first kappa shape index (κ1) is 48.5. The third-order valence-corrected chi connectivity index (χ3v) is 13.3.